The van der Waals surface area contributed by atoms with Gasteiger partial charge in [-0.1, -0.05) is 132 Å². The van der Waals surface area contributed by atoms with Crippen LogP contribution < -0.4 is 0 Å². The van der Waals surface area contributed by atoms with Crippen LogP contribution in [0.15, 0.2) is 72.9 Å². The first kappa shape index (κ1) is 54.4. The van der Waals surface area contributed by atoms with Crippen molar-refractivity contribution in [2.45, 2.75) is 161 Å². The molecule has 0 rings (SSSR count). The molecule has 0 saturated heterocycles. The highest BCUT2D eigenvalue weighted by Crippen LogP contribution is 2.43. The topological polar surface area (TPSA) is 129 Å². The molecular formula is C46H81NO9P+. The van der Waals surface area contributed by atoms with Crippen LogP contribution in [0.1, 0.15) is 149 Å². The lowest BCUT2D eigenvalue weighted by molar-refractivity contribution is -0.870. The van der Waals surface area contributed by atoms with Crippen molar-refractivity contribution in [1.29, 1.82) is 0 Å². The maximum atomic E-state index is 12.7. The van der Waals surface area contributed by atoms with Crippen LogP contribution in [0.25, 0.3) is 0 Å². The number of hydrogen-bond acceptors (Lipinski definition) is 8. The molecule has 0 aliphatic carbocycles. The summed E-state index contributed by atoms with van der Waals surface area (Å²) in [5, 5.41) is 10.1. The van der Waals surface area contributed by atoms with Crippen molar-refractivity contribution < 1.29 is 47.2 Å². The summed E-state index contributed by atoms with van der Waals surface area (Å²) in [5.41, 5.74) is 0. The van der Waals surface area contributed by atoms with Gasteiger partial charge in [-0.3, -0.25) is 18.6 Å². The van der Waals surface area contributed by atoms with Crippen LogP contribution in [-0.4, -0.2) is 86.1 Å². The lowest BCUT2D eigenvalue weighted by Crippen LogP contribution is -2.37. The van der Waals surface area contributed by atoms with E-state index < -0.39 is 38.6 Å². The number of aliphatic hydroxyl groups is 1. The van der Waals surface area contributed by atoms with Crippen LogP contribution in [-0.2, 0) is 32.7 Å². The minimum absolute atomic E-state index is 0.00631. The monoisotopic (exact) mass is 823 g/mol. The Morgan fingerprint density at radius 1 is 0.632 bits per heavy atom. The Labute approximate surface area is 347 Å². The molecule has 0 radical (unpaired) electrons. The van der Waals surface area contributed by atoms with E-state index >= 15 is 0 Å². The number of nitrogens with zero attached hydrogens (tertiary/aromatic N) is 1. The molecule has 0 aliphatic rings. The molecule has 0 aromatic rings. The molecule has 328 valence electrons. The van der Waals surface area contributed by atoms with Crippen LogP contribution in [0.2, 0.25) is 0 Å². The first-order valence-corrected chi connectivity index (χ1v) is 23.3. The second-order valence-corrected chi connectivity index (χ2v) is 17.0. The third kappa shape index (κ3) is 41.4. The van der Waals surface area contributed by atoms with E-state index in [0.717, 1.165) is 57.8 Å². The van der Waals surface area contributed by atoms with Crippen molar-refractivity contribution in [3.8, 4) is 0 Å². The van der Waals surface area contributed by atoms with Gasteiger partial charge in [-0.05, 0) is 77.0 Å². The number of esters is 2. The Balaban J connectivity index is 4.56. The highest BCUT2D eigenvalue weighted by molar-refractivity contribution is 7.47. The Morgan fingerprint density at radius 2 is 1.18 bits per heavy atom. The van der Waals surface area contributed by atoms with Gasteiger partial charge in [0.2, 0.25) is 0 Å². The van der Waals surface area contributed by atoms with Gasteiger partial charge in [-0.2, -0.15) is 0 Å². The van der Waals surface area contributed by atoms with Gasteiger partial charge in [0.05, 0.1) is 33.9 Å². The molecule has 0 spiro atoms. The van der Waals surface area contributed by atoms with Gasteiger partial charge in [0, 0.05) is 12.8 Å². The van der Waals surface area contributed by atoms with Gasteiger partial charge in [0.1, 0.15) is 19.8 Å². The summed E-state index contributed by atoms with van der Waals surface area (Å²) in [6.45, 7) is 4.17. The minimum atomic E-state index is -4.41. The molecular weight excluding hydrogens is 741 g/mol. The van der Waals surface area contributed by atoms with Crippen LogP contribution in [0, 0.1) is 0 Å². The third-order valence-corrected chi connectivity index (χ3v) is 9.77. The lowest BCUT2D eigenvalue weighted by Gasteiger charge is -2.24. The number of likely N-dealkylation sites (N-methyl/N-ethyl adjacent to an activating group) is 1. The predicted molar refractivity (Wildman–Crippen MR) is 235 cm³/mol. The Hall–Kier alpha value is -2.59. The number of quaternary nitrogens is 1. The van der Waals surface area contributed by atoms with Gasteiger partial charge in [0.15, 0.2) is 6.10 Å². The molecule has 0 aliphatic heterocycles. The fraction of sp³-hybridized carbons (Fsp3) is 0.696. The molecule has 0 saturated carbocycles. The van der Waals surface area contributed by atoms with Crippen molar-refractivity contribution >= 4 is 19.8 Å². The second-order valence-electron chi connectivity index (χ2n) is 15.6. The number of ether oxygens (including phenoxy) is 2. The zero-order chi connectivity index (χ0) is 42.3. The quantitative estimate of drug-likeness (QED) is 0.0156. The standard InChI is InChI=1S/C46H80NO9P/c1-6-8-10-12-14-15-16-17-18-19-20-21-25-30-34-38-46(50)56-44(42-55-57(51,52)54-40-39-47(3,4)5)41-53-45(49)37-33-29-26-22-24-28-32-36-43(48)35-31-27-23-13-11-9-7-2/h14-15,17-18,22-23,26-28,31-32,35,43-44,48H,6-13,16,19-21,24-25,29-30,33-34,36-42H2,1-5H3/p+1/b15-14-,18-17-,26-22+,27-23-,32-28-,35-31-/t43-,44-/m1/s1. The molecule has 0 fully saturated rings. The molecule has 57 heavy (non-hydrogen) atoms. The van der Waals surface area contributed by atoms with Crippen molar-refractivity contribution in [2.75, 3.05) is 47.5 Å². The molecule has 0 amide bonds. The van der Waals surface area contributed by atoms with Gasteiger partial charge < -0.3 is 24.0 Å². The molecule has 0 aromatic heterocycles. The van der Waals surface area contributed by atoms with Crippen molar-refractivity contribution in [3.05, 3.63) is 72.9 Å². The van der Waals surface area contributed by atoms with Gasteiger partial charge in [0.25, 0.3) is 0 Å². The number of carbonyl (C=O) groups excluding carboxylic acids is 2. The van der Waals surface area contributed by atoms with E-state index in [4.69, 9.17) is 18.5 Å². The summed E-state index contributed by atoms with van der Waals surface area (Å²) in [5.74, 6) is -0.929. The van der Waals surface area contributed by atoms with E-state index in [9.17, 15) is 24.2 Å². The average molecular weight is 823 g/mol. The van der Waals surface area contributed by atoms with E-state index in [0.29, 0.717) is 36.7 Å². The van der Waals surface area contributed by atoms with E-state index in [1.54, 1.807) is 6.08 Å². The normalized spacial score (nSPS) is 14.9. The summed E-state index contributed by atoms with van der Waals surface area (Å²) in [7, 11) is 1.39. The number of rotatable bonds is 38. The smallest absolute Gasteiger partial charge is 0.462 e. The molecule has 2 N–H and O–H groups in total. The average Bonchev–Trinajstić information content (AvgIpc) is 3.15. The summed E-state index contributed by atoms with van der Waals surface area (Å²) >= 11 is 0. The Bertz CT molecular complexity index is 1220. The summed E-state index contributed by atoms with van der Waals surface area (Å²) in [6.07, 6.45) is 42.6. The van der Waals surface area contributed by atoms with Crippen molar-refractivity contribution in [2.24, 2.45) is 0 Å². The fourth-order valence-corrected chi connectivity index (χ4v) is 6.03. The van der Waals surface area contributed by atoms with E-state index in [1.807, 2.05) is 57.6 Å². The summed E-state index contributed by atoms with van der Waals surface area (Å²) in [6, 6.07) is 0. The van der Waals surface area contributed by atoms with Crippen LogP contribution in [0.4, 0.5) is 0 Å². The summed E-state index contributed by atoms with van der Waals surface area (Å²) < 4.78 is 34.2. The molecule has 0 aromatic carbocycles. The first-order chi connectivity index (χ1) is 27.4. The maximum absolute atomic E-state index is 12.7. The molecule has 11 heteroatoms. The highest BCUT2D eigenvalue weighted by Gasteiger charge is 2.27. The number of phosphoric acid groups is 1. The van der Waals surface area contributed by atoms with Crippen LogP contribution in [0.3, 0.4) is 0 Å². The molecule has 0 heterocycles. The molecule has 10 nitrogen and oxygen atoms in total. The summed E-state index contributed by atoms with van der Waals surface area (Å²) in [4.78, 5) is 35.3. The van der Waals surface area contributed by atoms with Crippen molar-refractivity contribution in [3.63, 3.8) is 0 Å². The highest BCUT2D eigenvalue weighted by atomic mass is 31.2. The second kappa shape index (κ2) is 37.7. The SMILES string of the molecule is CCCCC/C=C\C=C/[C@@H](O)C/C=C\C/C=C/CCCC(=O)OC[C@H](COP(=O)(O)OCC[N+](C)(C)C)OC(=O)CCCCCCC/C=C\C/C=C\CCCCC. The number of aliphatic hydroxyl groups excluding tert-OH is 1. The maximum Gasteiger partial charge on any atom is 0.472 e. The molecule has 3 atom stereocenters. The molecule has 0 bridgehead atoms. The Kier molecular flexibility index (Phi) is 36.0. The van der Waals surface area contributed by atoms with E-state index in [2.05, 4.69) is 44.2 Å². The number of unbranched alkanes of at least 4 members (excludes halogenated alkanes) is 12. The Morgan fingerprint density at radius 3 is 1.81 bits per heavy atom. The fourth-order valence-electron chi connectivity index (χ4n) is 5.29. The van der Waals surface area contributed by atoms with E-state index in [1.165, 1.54) is 38.5 Å². The predicted octanol–water partition coefficient (Wildman–Crippen LogP) is 11.2. The first-order valence-electron chi connectivity index (χ1n) is 21.8. The lowest BCUT2D eigenvalue weighted by atomic mass is 10.1. The number of phosphoric ester groups is 1. The minimum Gasteiger partial charge on any atom is -0.462 e. The number of carbonyl (C=O) groups is 2. The zero-order valence-electron chi connectivity index (χ0n) is 36.4. The van der Waals surface area contributed by atoms with Crippen molar-refractivity contribution in [1.82, 2.24) is 0 Å². The molecule has 1 unspecified atom stereocenters. The van der Waals surface area contributed by atoms with Crippen LogP contribution >= 0.6 is 7.82 Å². The number of allylic oxidation sites excluding steroid dienone is 10. The third-order valence-electron chi connectivity index (χ3n) is 8.79. The van der Waals surface area contributed by atoms with Crippen LogP contribution in [0.5, 0.6) is 0 Å². The van der Waals surface area contributed by atoms with E-state index in [-0.39, 0.29) is 26.1 Å². The van der Waals surface area contributed by atoms with Gasteiger partial charge in [-0.25, -0.2) is 4.57 Å². The number of hydrogen-bond donors (Lipinski definition) is 2. The van der Waals surface area contributed by atoms with Gasteiger partial charge in [-0.15, -0.1) is 0 Å². The zero-order valence-corrected chi connectivity index (χ0v) is 37.3. The van der Waals surface area contributed by atoms with Gasteiger partial charge >= 0.3 is 19.8 Å². The largest absolute Gasteiger partial charge is 0.472 e.